The number of nitrogens with zero attached hydrogens (tertiary/aromatic N) is 5. The maximum absolute atomic E-state index is 12.8. The van der Waals surface area contributed by atoms with Crippen LogP contribution in [0.25, 0.3) is 0 Å². The molecule has 1 fully saturated rings. The average Bonchev–Trinajstić information content (AvgIpc) is 3.31. The van der Waals surface area contributed by atoms with Gasteiger partial charge in [-0.05, 0) is 25.8 Å². The van der Waals surface area contributed by atoms with Gasteiger partial charge in [0.1, 0.15) is 5.69 Å². The predicted octanol–water partition coefficient (Wildman–Crippen LogP) is 1.31. The molecule has 128 valence electrons. The monoisotopic (exact) mass is 330 g/mol. The van der Waals surface area contributed by atoms with Gasteiger partial charge in [0.25, 0.3) is 11.8 Å². The van der Waals surface area contributed by atoms with E-state index < -0.39 is 0 Å². The minimum Gasteiger partial charge on any atom is -0.345 e. The van der Waals surface area contributed by atoms with Gasteiger partial charge in [0.15, 0.2) is 0 Å². The van der Waals surface area contributed by atoms with Crippen LogP contribution in [-0.2, 0) is 6.54 Å². The van der Waals surface area contributed by atoms with Crippen molar-refractivity contribution >= 4 is 11.8 Å². The van der Waals surface area contributed by atoms with Crippen LogP contribution in [0.1, 0.15) is 52.3 Å². The first kappa shape index (κ1) is 16.2. The molecule has 1 saturated heterocycles. The van der Waals surface area contributed by atoms with Crippen LogP contribution in [0.5, 0.6) is 0 Å². The van der Waals surface area contributed by atoms with Crippen LogP contribution in [0.2, 0.25) is 0 Å². The molecule has 1 N–H and O–H groups in total. The molecule has 2 aromatic heterocycles. The fraction of sp³-hybridized carbons (Fsp3) is 0.500. The van der Waals surface area contributed by atoms with E-state index in [4.69, 9.17) is 0 Å². The van der Waals surface area contributed by atoms with Crippen LogP contribution in [0.15, 0.2) is 18.5 Å². The summed E-state index contributed by atoms with van der Waals surface area (Å²) in [5, 5.41) is 11.2. The van der Waals surface area contributed by atoms with Crippen LogP contribution < -0.4 is 0 Å². The Morgan fingerprint density at radius 1 is 1.42 bits per heavy atom. The van der Waals surface area contributed by atoms with Crippen molar-refractivity contribution in [2.45, 2.75) is 32.4 Å². The number of hydrogen-bond acceptors (Lipinski definition) is 4. The van der Waals surface area contributed by atoms with E-state index >= 15 is 0 Å². The number of carbonyl (C=O) groups excluding carboxylic acids is 2. The molecular formula is C16H22N6O2. The molecule has 3 heterocycles. The Bertz CT molecular complexity index is 747. The number of carbonyl (C=O) groups is 2. The molecule has 1 atom stereocenters. The van der Waals surface area contributed by atoms with Crippen molar-refractivity contribution < 1.29 is 9.59 Å². The van der Waals surface area contributed by atoms with Gasteiger partial charge < -0.3 is 9.80 Å². The average molecular weight is 330 g/mol. The smallest absolute Gasteiger partial charge is 0.274 e. The van der Waals surface area contributed by atoms with E-state index in [1.54, 1.807) is 35.9 Å². The third kappa shape index (κ3) is 2.79. The molecule has 8 nitrogen and oxygen atoms in total. The minimum absolute atomic E-state index is 0.109. The highest BCUT2D eigenvalue weighted by molar-refractivity contribution is 5.96. The van der Waals surface area contributed by atoms with Crippen LogP contribution in [-0.4, -0.2) is 62.2 Å². The Morgan fingerprint density at radius 2 is 2.21 bits per heavy atom. The van der Waals surface area contributed by atoms with Gasteiger partial charge >= 0.3 is 0 Å². The topological polar surface area (TPSA) is 87.1 Å². The van der Waals surface area contributed by atoms with Crippen LogP contribution >= 0.6 is 0 Å². The fourth-order valence-electron chi connectivity index (χ4n) is 3.07. The zero-order valence-corrected chi connectivity index (χ0v) is 14.2. The van der Waals surface area contributed by atoms with E-state index in [1.165, 1.54) is 11.1 Å². The zero-order valence-electron chi connectivity index (χ0n) is 14.2. The molecule has 0 spiro atoms. The molecule has 0 radical (unpaired) electrons. The van der Waals surface area contributed by atoms with Crippen molar-refractivity contribution in [2.75, 3.05) is 20.6 Å². The normalized spacial score (nSPS) is 17.3. The lowest BCUT2D eigenvalue weighted by Gasteiger charge is -2.24. The van der Waals surface area contributed by atoms with Crippen LogP contribution in [0.3, 0.4) is 0 Å². The lowest BCUT2D eigenvalue weighted by atomic mass is 10.1. The summed E-state index contributed by atoms with van der Waals surface area (Å²) in [6.07, 6.45) is 5.02. The van der Waals surface area contributed by atoms with Crippen LogP contribution in [0, 0.1) is 0 Å². The highest BCUT2D eigenvalue weighted by Crippen LogP contribution is 2.33. The maximum atomic E-state index is 12.8. The first-order valence-electron chi connectivity index (χ1n) is 8.12. The number of aromatic amines is 1. The number of aromatic nitrogens is 4. The summed E-state index contributed by atoms with van der Waals surface area (Å²) in [6.45, 7) is 3.35. The Balaban J connectivity index is 1.87. The van der Waals surface area contributed by atoms with Crippen LogP contribution in [0.4, 0.5) is 0 Å². The van der Waals surface area contributed by atoms with Gasteiger partial charge in [0.05, 0.1) is 23.5 Å². The third-order valence-electron chi connectivity index (χ3n) is 4.34. The molecule has 2 amide bonds. The van der Waals surface area contributed by atoms with E-state index in [0.717, 1.165) is 19.4 Å². The molecule has 2 aromatic rings. The van der Waals surface area contributed by atoms with Gasteiger partial charge in [-0.15, -0.1) is 0 Å². The van der Waals surface area contributed by atoms with Crippen molar-refractivity contribution in [3.05, 3.63) is 35.4 Å². The second-order valence-electron chi connectivity index (χ2n) is 6.11. The first-order valence-corrected chi connectivity index (χ1v) is 8.12. The predicted molar refractivity (Wildman–Crippen MR) is 87.5 cm³/mol. The second-order valence-corrected chi connectivity index (χ2v) is 6.11. The molecule has 1 aliphatic heterocycles. The molecule has 3 rings (SSSR count). The Kier molecular flexibility index (Phi) is 4.37. The number of hydrogen-bond donors (Lipinski definition) is 1. The maximum Gasteiger partial charge on any atom is 0.274 e. The summed E-state index contributed by atoms with van der Waals surface area (Å²) in [6, 6.07) is 1.56. The van der Waals surface area contributed by atoms with Gasteiger partial charge in [0.2, 0.25) is 0 Å². The fourth-order valence-corrected chi connectivity index (χ4v) is 3.07. The molecule has 0 unspecified atom stereocenters. The van der Waals surface area contributed by atoms with Crippen molar-refractivity contribution in [3.8, 4) is 0 Å². The van der Waals surface area contributed by atoms with E-state index in [-0.39, 0.29) is 17.9 Å². The van der Waals surface area contributed by atoms with Gasteiger partial charge in [-0.25, -0.2) is 0 Å². The molecule has 0 aromatic carbocycles. The van der Waals surface area contributed by atoms with Gasteiger partial charge in [-0.1, -0.05) is 0 Å². The molecule has 0 bridgehead atoms. The number of likely N-dealkylation sites (tertiary alicyclic amines) is 1. The summed E-state index contributed by atoms with van der Waals surface area (Å²) in [7, 11) is 3.40. The largest absolute Gasteiger partial charge is 0.345 e. The SMILES string of the molecule is CCn1ccc(C(=O)N2CCC[C@@H]2c2[nH]ncc2C(=O)N(C)C)n1. The number of H-pyrrole nitrogens is 1. The third-order valence-corrected chi connectivity index (χ3v) is 4.34. The number of rotatable bonds is 4. The van der Waals surface area contributed by atoms with Crippen molar-refractivity contribution in [3.63, 3.8) is 0 Å². The van der Waals surface area contributed by atoms with Gasteiger partial charge in [-0.3, -0.25) is 19.4 Å². The summed E-state index contributed by atoms with van der Waals surface area (Å²) in [5.74, 6) is -0.226. The number of nitrogens with one attached hydrogen (secondary N) is 1. The van der Waals surface area contributed by atoms with Crippen molar-refractivity contribution in [1.82, 2.24) is 29.8 Å². The highest BCUT2D eigenvalue weighted by Gasteiger charge is 2.35. The number of aryl methyl sites for hydroxylation is 1. The summed E-state index contributed by atoms with van der Waals surface area (Å²) in [5.41, 5.74) is 1.65. The molecular weight excluding hydrogens is 308 g/mol. The quantitative estimate of drug-likeness (QED) is 0.915. The van der Waals surface area contributed by atoms with E-state index in [1.807, 2.05) is 6.92 Å². The van der Waals surface area contributed by atoms with Gasteiger partial charge in [-0.2, -0.15) is 10.2 Å². The molecule has 1 aliphatic rings. The van der Waals surface area contributed by atoms with E-state index in [0.29, 0.717) is 23.5 Å². The molecule has 8 heteroatoms. The summed E-state index contributed by atoms with van der Waals surface area (Å²) in [4.78, 5) is 28.4. The Labute approximate surface area is 140 Å². The minimum atomic E-state index is -0.175. The Morgan fingerprint density at radius 3 is 2.88 bits per heavy atom. The van der Waals surface area contributed by atoms with Crippen molar-refractivity contribution in [2.24, 2.45) is 0 Å². The highest BCUT2D eigenvalue weighted by atomic mass is 16.2. The zero-order chi connectivity index (χ0) is 17.3. The molecule has 0 aliphatic carbocycles. The molecule has 24 heavy (non-hydrogen) atoms. The van der Waals surface area contributed by atoms with Crippen molar-refractivity contribution in [1.29, 1.82) is 0 Å². The lowest BCUT2D eigenvalue weighted by molar-refractivity contribution is 0.0718. The standard InChI is InChI=1S/C16H22N6O2/c1-4-21-9-7-12(19-21)16(24)22-8-5-6-13(22)14-11(10-17-18-14)15(23)20(2)3/h7,9-10,13H,4-6,8H2,1-3H3,(H,17,18)/t13-/m1/s1. The van der Waals surface area contributed by atoms with E-state index in [9.17, 15) is 9.59 Å². The van der Waals surface area contributed by atoms with E-state index in [2.05, 4.69) is 15.3 Å². The summed E-state index contributed by atoms with van der Waals surface area (Å²) >= 11 is 0. The second kappa shape index (κ2) is 6.46. The van der Waals surface area contributed by atoms with Gasteiger partial charge in [0, 0.05) is 33.4 Å². The first-order chi connectivity index (χ1) is 11.5. The Hall–Kier alpha value is -2.64. The lowest BCUT2D eigenvalue weighted by Crippen LogP contribution is -2.32. The molecule has 0 saturated carbocycles. The summed E-state index contributed by atoms with van der Waals surface area (Å²) < 4.78 is 1.73. The number of amides is 2.